The van der Waals surface area contributed by atoms with Crippen LogP contribution >= 0.6 is 12.4 Å². The maximum atomic E-state index is 11.0. The van der Waals surface area contributed by atoms with Crippen molar-refractivity contribution < 1.29 is 9.53 Å². The summed E-state index contributed by atoms with van der Waals surface area (Å²) >= 11 is 0. The number of rotatable bonds is 3. The molecule has 1 unspecified atom stereocenters. The van der Waals surface area contributed by atoms with Crippen molar-refractivity contribution in [3.63, 3.8) is 0 Å². The summed E-state index contributed by atoms with van der Waals surface area (Å²) in [4.78, 5) is 11.0. The smallest absolute Gasteiger partial charge is 0.322 e. The summed E-state index contributed by atoms with van der Waals surface area (Å²) in [5, 5.41) is 0. The summed E-state index contributed by atoms with van der Waals surface area (Å²) in [5.74, 6) is 0.376. The Labute approximate surface area is 85.4 Å². The Balaban J connectivity index is 0.00000144. The van der Waals surface area contributed by atoms with E-state index in [-0.39, 0.29) is 18.4 Å². The molecule has 0 heterocycles. The van der Waals surface area contributed by atoms with E-state index in [0.29, 0.717) is 5.92 Å². The number of methoxy groups -OCH3 is 1. The second kappa shape index (κ2) is 6.22. The Bertz CT molecular complexity index is 158. The van der Waals surface area contributed by atoms with Gasteiger partial charge in [-0.2, -0.15) is 0 Å². The van der Waals surface area contributed by atoms with E-state index >= 15 is 0 Å². The van der Waals surface area contributed by atoms with Gasteiger partial charge in [0.05, 0.1) is 7.11 Å². The standard InChI is InChI=1S/C9H17NO2.ClH/c1-12-9(11)8(10)6-7-4-2-3-5-7;/h7-8H,2-6,10H2,1H3;1H. The molecule has 0 aromatic rings. The molecule has 0 aromatic carbocycles. The molecule has 0 bridgehead atoms. The van der Waals surface area contributed by atoms with E-state index in [0.717, 1.165) is 6.42 Å². The topological polar surface area (TPSA) is 52.3 Å². The first kappa shape index (κ1) is 12.7. The zero-order valence-electron chi connectivity index (χ0n) is 7.99. The molecule has 1 rings (SSSR count). The molecule has 0 spiro atoms. The number of halogens is 1. The molecule has 1 aliphatic carbocycles. The van der Waals surface area contributed by atoms with Gasteiger partial charge < -0.3 is 10.5 Å². The monoisotopic (exact) mass is 207 g/mol. The van der Waals surface area contributed by atoms with Crippen molar-refractivity contribution in [1.82, 2.24) is 0 Å². The maximum Gasteiger partial charge on any atom is 0.322 e. The van der Waals surface area contributed by atoms with Gasteiger partial charge in [-0.15, -0.1) is 12.4 Å². The summed E-state index contributed by atoms with van der Waals surface area (Å²) in [6.45, 7) is 0. The molecule has 0 radical (unpaired) electrons. The molecule has 3 nitrogen and oxygen atoms in total. The average molecular weight is 208 g/mol. The van der Waals surface area contributed by atoms with E-state index in [9.17, 15) is 4.79 Å². The maximum absolute atomic E-state index is 11.0. The van der Waals surface area contributed by atoms with Gasteiger partial charge in [0.2, 0.25) is 0 Å². The molecule has 1 fully saturated rings. The molecule has 0 aliphatic heterocycles. The first-order chi connectivity index (χ1) is 5.74. The van der Waals surface area contributed by atoms with Gasteiger partial charge in [-0.1, -0.05) is 25.7 Å². The van der Waals surface area contributed by atoms with E-state index in [1.807, 2.05) is 0 Å². The van der Waals surface area contributed by atoms with Crippen molar-refractivity contribution in [3.8, 4) is 0 Å². The highest BCUT2D eigenvalue weighted by molar-refractivity contribution is 5.85. The van der Waals surface area contributed by atoms with Crippen LogP contribution in [0.5, 0.6) is 0 Å². The summed E-state index contributed by atoms with van der Waals surface area (Å²) in [6.07, 6.45) is 5.83. The van der Waals surface area contributed by atoms with E-state index in [1.54, 1.807) is 0 Å². The van der Waals surface area contributed by atoms with Crippen LogP contribution in [0.3, 0.4) is 0 Å². The first-order valence-corrected chi connectivity index (χ1v) is 4.57. The van der Waals surface area contributed by atoms with Crippen molar-refractivity contribution in [2.45, 2.75) is 38.1 Å². The van der Waals surface area contributed by atoms with Crippen LogP contribution in [-0.2, 0) is 9.53 Å². The van der Waals surface area contributed by atoms with Crippen molar-refractivity contribution in [1.29, 1.82) is 0 Å². The van der Waals surface area contributed by atoms with Crippen LogP contribution in [0.15, 0.2) is 0 Å². The quantitative estimate of drug-likeness (QED) is 0.714. The van der Waals surface area contributed by atoms with Crippen molar-refractivity contribution in [2.75, 3.05) is 7.11 Å². The zero-order valence-corrected chi connectivity index (χ0v) is 8.81. The molecular formula is C9H18ClNO2. The van der Waals surface area contributed by atoms with Crippen LogP contribution in [0.2, 0.25) is 0 Å². The van der Waals surface area contributed by atoms with Crippen LogP contribution in [0.4, 0.5) is 0 Å². The molecule has 0 saturated heterocycles. The Kier molecular flexibility index (Phi) is 6.08. The fourth-order valence-corrected chi connectivity index (χ4v) is 1.85. The van der Waals surface area contributed by atoms with Crippen LogP contribution in [-0.4, -0.2) is 19.1 Å². The number of hydrogen-bond acceptors (Lipinski definition) is 3. The molecule has 78 valence electrons. The minimum absolute atomic E-state index is 0. The second-order valence-corrected chi connectivity index (χ2v) is 3.52. The third kappa shape index (κ3) is 3.96. The lowest BCUT2D eigenvalue weighted by atomic mass is 9.99. The van der Waals surface area contributed by atoms with Crippen molar-refractivity contribution >= 4 is 18.4 Å². The molecule has 4 heteroatoms. The molecular weight excluding hydrogens is 190 g/mol. The molecule has 1 aliphatic rings. The Hall–Kier alpha value is -0.280. The van der Waals surface area contributed by atoms with Gasteiger partial charge in [-0.05, 0) is 12.3 Å². The van der Waals surface area contributed by atoms with Gasteiger partial charge in [0, 0.05) is 0 Å². The third-order valence-corrected chi connectivity index (χ3v) is 2.57. The van der Waals surface area contributed by atoms with Gasteiger partial charge in [0.1, 0.15) is 6.04 Å². The highest BCUT2D eigenvalue weighted by Gasteiger charge is 2.22. The number of hydrogen-bond donors (Lipinski definition) is 1. The van der Waals surface area contributed by atoms with E-state index < -0.39 is 6.04 Å². The van der Waals surface area contributed by atoms with Crippen LogP contribution < -0.4 is 5.73 Å². The van der Waals surface area contributed by atoms with Gasteiger partial charge in [-0.3, -0.25) is 4.79 Å². The molecule has 1 saturated carbocycles. The number of carbonyl (C=O) groups is 1. The van der Waals surface area contributed by atoms with Crippen molar-refractivity contribution in [2.24, 2.45) is 11.7 Å². The average Bonchev–Trinajstić information content (AvgIpc) is 2.55. The predicted octanol–water partition coefficient (Wildman–Crippen LogP) is 1.49. The van der Waals surface area contributed by atoms with Crippen LogP contribution in [0.1, 0.15) is 32.1 Å². The molecule has 13 heavy (non-hydrogen) atoms. The van der Waals surface area contributed by atoms with E-state index in [4.69, 9.17) is 5.73 Å². The highest BCUT2D eigenvalue weighted by Crippen LogP contribution is 2.28. The number of ether oxygens (including phenoxy) is 1. The number of esters is 1. The van der Waals surface area contributed by atoms with E-state index in [1.165, 1.54) is 32.8 Å². The fraction of sp³-hybridized carbons (Fsp3) is 0.889. The first-order valence-electron chi connectivity index (χ1n) is 4.57. The largest absolute Gasteiger partial charge is 0.468 e. The SMILES string of the molecule is COC(=O)C(N)CC1CCCC1.Cl. The molecule has 0 amide bonds. The molecule has 1 atom stereocenters. The van der Waals surface area contributed by atoms with Crippen LogP contribution in [0, 0.1) is 5.92 Å². The highest BCUT2D eigenvalue weighted by atomic mass is 35.5. The summed E-state index contributed by atoms with van der Waals surface area (Å²) in [6, 6.07) is -0.405. The molecule has 2 N–H and O–H groups in total. The van der Waals surface area contributed by atoms with E-state index in [2.05, 4.69) is 4.74 Å². The predicted molar refractivity (Wildman–Crippen MR) is 53.8 cm³/mol. The van der Waals surface area contributed by atoms with Crippen molar-refractivity contribution in [3.05, 3.63) is 0 Å². The minimum atomic E-state index is -0.405. The minimum Gasteiger partial charge on any atom is -0.468 e. The lowest BCUT2D eigenvalue weighted by molar-refractivity contribution is -0.142. The normalized spacial score (nSPS) is 19.2. The lowest BCUT2D eigenvalue weighted by Crippen LogP contribution is -2.33. The van der Waals surface area contributed by atoms with Gasteiger partial charge >= 0.3 is 5.97 Å². The fourth-order valence-electron chi connectivity index (χ4n) is 1.85. The molecule has 0 aromatic heterocycles. The number of carbonyl (C=O) groups excluding carboxylic acids is 1. The lowest BCUT2D eigenvalue weighted by Gasteiger charge is -2.13. The Morgan fingerprint density at radius 3 is 2.54 bits per heavy atom. The Morgan fingerprint density at radius 1 is 1.54 bits per heavy atom. The van der Waals surface area contributed by atoms with Crippen LogP contribution in [0.25, 0.3) is 0 Å². The number of nitrogens with two attached hydrogens (primary N) is 1. The van der Waals surface area contributed by atoms with Gasteiger partial charge in [0.25, 0.3) is 0 Å². The second-order valence-electron chi connectivity index (χ2n) is 3.52. The zero-order chi connectivity index (χ0) is 8.97. The third-order valence-electron chi connectivity index (χ3n) is 2.57. The summed E-state index contributed by atoms with van der Waals surface area (Å²) in [5.41, 5.74) is 5.63. The Morgan fingerprint density at radius 2 is 2.08 bits per heavy atom. The summed E-state index contributed by atoms with van der Waals surface area (Å²) in [7, 11) is 1.39. The van der Waals surface area contributed by atoms with Gasteiger partial charge in [-0.25, -0.2) is 0 Å². The van der Waals surface area contributed by atoms with Gasteiger partial charge in [0.15, 0.2) is 0 Å². The summed E-state index contributed by atoms with van der Waals surface area (Å²) < 4.78 is 4.56.